The standard InChI is InChI=1S/C13H23N3O2/c1-3-5-6-17-7-8-18-13-11-15-12(10-16-13)9-14-4-2/h10-11,14H,3-9H2,1-2H3. The van der Waals surface area contributed by atoms with Crippen LogP contribution >= 0.6 is 0 Å². The van der Waals surface area contributed by atoms with Gasteiger partial charge in [0, 0.05) is 13.2 Å². The third-order valence-electron chi connectivity index (χ3n) is 2.36. The van der Waals surface area contributed by atoms with Crippen molar-refractivity contribution >= 4 is 0 Å². The van der Waals surface area contributed by atoms with E-state index in [2.05, 4.69) is 29.1 Å². The highest BCUT2D eigenvalue weighted by molar-refractivity contribution is 5.06. The maximum absolute atomic E-state index is 5.43. The van der Waals surface area contributed by atoms with E-state index in [1.807, 2.05) is 0 Å². The Labute approximate surface area is 109 Å². The zero-order valence-electron chi connectivity index (χ0n) is 11.3. The first-order valence-corrected chi connectivity index (χ1v) is 6.59. The Hall–Kier alpha value is -1.20. The number of hydrogen-bond acceptors (Lipinski definition) is 5. The molecule has 0 aliphatic rings. The van der Waals surface area contributed by atoms with Crippen LogP contribution in [0, 0.1) is 0 Å². The van der Waals surface area contributed by atoms with E-state index in [0.29, 0.717) is 19.1 Å². The summed E-state index contributed by atoms with van der Waals surface area (Å²) < 4.78 is 10.8. The Morgan fingerprint density at radius 2 is 2.00 bits per heavy atom. The monoisotopic (exact) mass is 253 g/mol. The first-order valence-electron chi connectivity index (χ1n) is 6.59. The van der Waals surface area contributed by atoms with Gasteiger partial charge in [0.1, 0.15) is 6.61 Å². The fourth-order valence-corrected chi connectivity index (χ4v) is 1.32. The van der Waals surface area contributed by atoms with Crippen LogP contribution in [0.2, 0.25) is 0 Å². The molecule has 0 unspecified atom stereocenters. The van der Waals surface area contributed by atoms with E-state index in [0.717, 1.165) is 38.2 Å². The molecule has 0 fully saturated rings. The number of aromatic nitrogens is 2. The molecule has 1 N–H and O–H groups in total. The summed E-state index contributed by atoms with van der Waals surface area (Å²) in [5.41, 5.74) is 0.920. The summed E-state index contributed by atoms with van der Waals surface area (Å²) in [6, 6.07) is 0. The van der Waals surface area contributed by atoms with Crippen molar-refractivity contribution in [1.29, 1.82) is 0 Å². The fourth-order valence-electron chi connectivity index (χ4n) is 1.32. The summed E-state index contributed by atoms with van der Waals surface area (Å²) >= 11 is 0. The summed E-state index contributed by atoms with van der Waals surface area (Å²) in [7, 11) is 0. The van der Waals surface area contributed by atoms with E-state index < -0.39 is 0 Å². The van der Waals surface area contributed by atoms with Crippen molar-refractivity contribution in [3.05, 3.63) is 18.1 Å². The molecule has 1 aromatic heterocycles. The van der Waals surface area contributed by atoms with Crippen molar-refractivity contribution in [3.8, 4) is 5.88 Å². The Bertz CT molecular complexity index is 304. The molecule has 0 aliphatic carbocycles. The minimum absolute atomic E-state index is 0.519. The van der Waals surface area contributed by atoms with E-state index in [4.69, 9.17) is 9.47 Å². The number of nitrogens with one attached hydrogen (secondary N) is 1. The molecule has 0 radical (unpaired) electrons. The normalized spacial score (nSPS) is 10.6. The van der Waals surface area contributed by atoms with Crippen LogP contribution in [0.4, 0.5) is 0 Å². The molecule has 0 atom stereocenters. The van der Waals surface area contributed by atoms with Gasteiger partial charge in [0.05, 0.1) is 24.7 Å². The molecular formula is C13H23N3O2. The van der Waals surface area contributed by atoms with Crippen molar-refractivity contribution < 1.29 is 9.47 Å². The van der Waals surface area contributed by atoms with E-state index >= 15 is 0 Å². The maximum Gasteiger partial charge on any atom is 0.232 e. The summed E-state index contributed by atoms with van der Waals surface area (Å²) in [5.74, 6) is 0.550. The van der Waals surface area contributed by atoms with Gasteiger partial charge in [-0.2, -0.15) is 0 Å². The number of ether oxygens (including phenoxy) is 2. The lowest BCUT2D eigenvalue weighted by Gasteiger charge is -2.06. The summed E-state index contributed by atoms with van der Waals surface area (Å²) in [4.78, 5) is 8.44. The van der Waals surface area contributed by atoms with Gasteiger partial charge in [-0.05, 0) is 13.0 Å². The molecule has 102 valence electrons. The second kappa shape index (κ2) is 9.79. The number of unbranched alkanes of at least 4 members (excludes halogenated alkanes) is 1. The molecule has 5 nitrogen and oxygen atoms in total. The van der Waals surface area contributed by atoms with Crippen LogP contribution in [0.25, 0.3) is 0 Å². The van der Waals surface area contributed by atoms with Crippen LogP contribution in [0.15, 0.2) is 12.4 Å². The topological polar surface area (TPSA) is 56.3 Å². The minimum atomic E-state index is 0.519. The van der Waals surface area contributed by atoms with Gasteiger partial charge in [0.25, 0.3) is 0 Å². The molecule has 18 heavy (non-hydrogen) atoms. The van der Waals surface area contributed by atoms with E-state index in [1.165, 1.54) is 0 Å². The van der Waals surface area contributed by atoms with Crippen LogP contribution in [0.1, 0.15) is 32.4 Å². The van der Waals surface area contributed by atoms with Gasteiger partial charge in [0.2, 0.25) is 5.88 Å². The van der Waals surface area contributed by atoms with Crippen LogP contribution in [0.5, 0.6) is 5.88 Å². The van der Waals surface area contributed by atoms with Crippen LogP contribution in [0.3, 0.4) is 0 Å². The molecule has 0 saturated heterocycles. The van der Waals surface area contributed by atoms with Crippen LogP contribution in [-0.2, 0) is 11.3 Å². The molecule has 0 aliphatic heterocycles. The Balaban J connectivity index is 2.14. The van der Waals surface area contributed by atoms with Crippen molar-refractivity contribution in [3.63, 3.8) is 0 Å². The molecule has 0 bridgehead atoms. The molecule has 1 rings (SSSR count). The van der Waals surface area contributed by atoms with Crippen molar-refractivity contribution in [2.75, 3.05) is 26.4 Å². The van der Waals surface area contributed by atoms with Crippen LogP contribution < -0.4 is 10.1 Å². The second-order valence-corrected chi connectivity index (χ2v) is 3.94. The van der Waals surface area contributed by atoms with Gasteiger partial charge >= 0.3 is 0 Å². The molecule has 1 aromatic rings. The maximum atomic E-state index is 5.43. The average molecular weight is 253 g/mol. The second-order valence-electron chi connectivity index (χ2n) is 3.94. The highest BCUT2D eigenvalue weighted by atomic mass is 16.5. The molecule has 0 spiro atoms. The Kier molecular flexibility index (Phi) is 8.08. The van der Waals surface area contributed by atoms with E-state index in [-0.39, 0.29) is 0 Å². The first-order chi connectivity index (χ1) is 8.86. The number of nitrogens with zero attached hydrogens (tertiary/aromatic N) is 2. The number of hydrogen-bond donors (Lipinski definition) is 1. The van der Waals surface area contributed by atoms with Crippen molar-refractivity contribution in [2.45, 2.75) is 33.2 Å². The molecule has 1 heterocycles. The van der Waals surface area contributed by atoms with Gasteiger partial charge in [-0.25, -0.2) is 4.98 Å². The SMILES string of the molecule is CCCCOCCOc1cnc(CNCC)cn1. The highest BCUT2D eigenvalue weighted by Gasteiger charge is 1.98. The van der Waals surface area contributed by atoms with Gasteiger partial charge in [0.15, 0.2) is 0 Å². The average Bonchev–Trinajstić information content (AvgIpc) is 2.42. The Morgan fingerprint density at radius 3 is 2.67 bits per heavy atom. The van der Waals surface area contributed by atoms with E-state index in [1.54, 1.807) is 12.4 Å². The van der Waals surface area contributed by atoms with E-state index in [9.17, 15) is 0 Å². The zero-order chi connectivity index (χ0) is 13.1. The van der Waals surface area contributed by atoms with Gasteiger partial charge in [-0.3, -0.25) is 4.98 Å². The van der Waals surface area contributed by atoms with Gasteiger partial charge in [-0.1, -0.05) is 20.3 Å². The van der Waals surface area contributed by atoms with Gasteiger partial charge < -0.3 is 14.8 Å². The molecular weight excluding hydrogens is 230 g/mol. The lowest BCUT2D eigenvalue weighted by atomic mass is 10.4. The van der Waals surface area contributed by atoms with Crippen LogP contribution in [-0.4, -0.2) is 36.3 Å². The predicted molar refractivity (Wildman–Crippen MR) is 70.6 cm³/mol. The number of rotatable bonds is 10. The smallest absolute Gasteiger partial charge is 0.232 e. The quantitative estimate of drug-likeness (QED) is 0.644. The molecule has 0 saturated carbocycles. The third kappa shape index (κ3) is 6.51. The lowest BCUT2D eigenvalue weighted by Crippen LogP contribution is -2.13. The highest BCUT2D eigenvalue weighted by Crippen LogP contribution is 2.03. The molecule has 0 amide bonds. The van der Waals surface area contributed by atoms with Crippen molar-refractivity contribution in [2.24, 2.45) is 0 Å². The molecule has 0 aromatic carbocycles. The largest absolute Gasteiger partial charge is 0.474 e. The summed E-state index contributed by atoms with van der Waals surface area (Å²) in [6.07, 6.45) is 5.63. The van der Waals surface area contributed by atoms with Gasteiger partial charge in [-0.15, -0.1) is 0 Å². The first kappa shape index (κ1) is 14.9. The third-order valence-corrected chi connectivity index (χ3v) is 2.36. The fraction of sp³-hybridized carbons (Fsp3) is 0.692. The zero-order valence-corrected chi connectivity index (χ0v) is 11.3. The minimum Gasteiger partial charge on any atom is -0.474 e. The molecule has 5 heteroatoms. The van der Waals surface area contributed by atoms with Crippen molar-refractivity contribution in [1.82, 2.24) is 15.3 Å². The summed E-state index contributed by atoms with van der Waals surface area (Å²) in [6.45, 7) is 7.78. The lowest BCUT2D eigenvalue weighted by molar-refractivity contribution is 0.0963. The predicted octanol–water partition coefficient (Wildman–Crippen LogP) is 1.78. The summed E-state index contributed by atoms with van der Waals surface area (Å²) in [5, 5.41) is 3.19. The Morgan fingerprint density at radius 1 is 1.11 bits per heavy atom.